The molecule has 2 heterocycles. The zero-order valence-electron chi connectivity index (χ0n) is 23.5. The molecule has 2 aliphatic carbocycles. The number of anilines is 1. The fourth-order valence-corrected chi connectivity index (χ4v) is 6.71. The number of para-hydroxylation sites is 1. The Labute approximate surface area is 251 Å². The number of nitrogens with zero attached hydrogens (tertiary/aromatic N) is 3. The van der Waals surface area contributed by atoms with E-state index < -0.39 is 23.3 Å². The number of hydrogen-bond acceptors (Lipinski definition) is 8. The van der Waals surface area contributed by atoms with Crippen LogP contribution in [0, 0.1) is 40.7 Å². The lowest BCUT2D eigenvalue weighted by atomic mass is 9.85. The number of carbonyl (C=O) groups is 4. The van der Waals surface area contributed by atoms with Crippen molar-refractivity contribution in [2.45, 2.75) is 13.3 Å². The Morgan fingerprint density at radius 1 is 0.955 bits per heavy atom. The van der Waals surface area contributed by atoms with Crippen molar-refractivity contribution in [3.05, 3.63) is 112 Å². The van der Waals surface area contributed by atoms with E-state index in [1.54, 1.807) is 42.5 Å². The highest BCUT2D eigenvalue weighted by atomic mass is 16.6. The van der Waals surface area contributed by atoms with E-state index in [4.69, 9.17) is 9.72 Å². The molecule has 4 unspecified atom stereocenters. The van der Waals surface area contributed by atoms with Gasteiger partial charge in [-0.15, -0.1) is 0 Å². The Hall–Kier alpha value is -5.51. The summed E-state index contributed by atoms with van der Waals surface area (Å²) in [4.78, 5) is 68.9. The second-order valence-electron chi connectivity index (χ2n) is 11.4. The van der Waals surface area contributed by atoms with Crippen molar-refractivity contribution in [3.63, 3.8) is 0 Å². The number of aromatic nitrogens is 1. The van der Waals surface area contributed by atoms with Gasteiger partial charge in [-0.3, -0.25) is 29.4 Å². The average molecular weight is 588 g/mol. The Kier molecular flexibility index (Phi) is 6.42. The first-order valence-electron chi connectivity index (χ1n) is 14.2. The van der Waals surface area contributed by atoms with Crippen LogP contribution in [0.1, 0.15) is 32.7 Å². The number of imide groups is 1. The highest BCUT2D eigenvalue weighted by Crippen LogP contribution is 2.53. The van der Waals surface area contributed by atoms with Crippen LogP contribution in [0.3, 0.4) is 0 Å². The third-order valence-electron chi connectivity index (χ3n) is 8.89. The van der Waals surface area contributed by atoms with Crippen molar-refractivity contribution >= 4 is 45.8 Å². The first-order chi connectivity index (χ1) is 21.2. The van der Waals surface area contributed by atoms with Gasteiger partial charge in [0, 0.05) is 28.6 Å². The van der Waals surface area contributed by atoms with Crippen LogP contribution in [0.2, 0.25) is 0 Å². The predicted octanol–water partition coefficient (Wildman–Crippen LogP) is 5.47. The third kappa shape index (κ3) is 4.38. The zero-order valence-corrected chi connectivity index (χ0v) is 23.5. The smallest absolute Gasteiger partial charge is 0.339 e. The van der Waals surface area contributed by atoms with Gasteiger partial charge >= 0.3 is 5.97 Å². The number of esters is 1. The van der Waals surface area contributed by atoms with E-state index in [2.05, 4.69) is 12.2 Å². The number of rotatable bonds is 7. The molecule has 0 spiro atoms. The van der Waals surface area contributed by atoms with E-state index >= 15 is 0 Å². The van der Waals surface area contributed by atoms with Gasteiger partial charge in [0.25, 0.3) is 5.69 Å². The Morgan fingerprint density at radius 3 is 2.25 bits per heavy atom. The molecule has 44 heavy (non-hydrogen) atoms. The molecule has 2 bridgehead atoms. The second kappa shape index (κ2) is 10.3. The molecule has 0 N–H and O–H groups in total. The van der Waals surface area contributed by atoms with Gasteiger partial charge < -0.3 is 4.74 Å². The summed E-state index contributed by atoms with van der Waals surface area (Å²) >= 11 is 0. The summed E-state index contributed by atoms with van der Waals surface area (Å²) in [7, 11) is 0. The minimum Gasteiger partial charge on any atom is -0.454 e. The lowest BCUT2D eigenvalue weighted by molar-refractivity contribution is -0.384. The number of hydrogen-bond donors (Lipinski definition) is 0. The normalized spacial score (nSPS) is 21.6. The Morgan fingerprint density at radius 2 is 1.61 bits per heavy atom. The quantitative estimate of drug-likeness (QED) is 0.0693. The third-order valence-corrected chi connectivity index (χ3v) is 8.89. The topological polar surface area (TPSA) is 137 Å². The maximum atomic E-state index is 13.3. The van der Waals surface area contributed by atoms with Crippen molar-refractivity contribution < 1.29 is 28.8 Å². The number of nitro benzene ring substituents is 1. The molecule has 7 rings (SSSR count). The van der Waals surface area contributed by atoms with E-state index in [-0.39, 0.29) is 52.3 Å². The molecule has 4 aromatic rings. The summed E-state index contributed by atoms with van der Waals surface area (Å²) in [6, 6.07) is 19.0. The molecule has 3 aliphatic rings. The number of non-ortho nitro benzene ring substituents is 1. The maximum absolute atomic E-state index is 13.3. The van der Waals surface area contributed by atoms with Crippen LogP contribution in [0.4, 0.5) is 11.4 Å². The molecular formula is C34H25N3O7. The van der Waals surface area contributed by atoms with Gasteiger partial charge in [-0.25, -0.2) is 9.78 Å². The van der Waals surface area contributed by atoms with Crippen molar-refractivity contribution in [2.24, 2.45) is 23.7 Å². The van der Waals surface area contributed by atoms with Gasteiger partial charge in [-0.1, -0.05) is 42.5 Å². The van der Waals surface area contributed by atoms with Gasteiger partial charge in [-0.05, 0) is 61.1 Å². The van der Waals surface area contributed by atoms with Gasteiger partial charge in [0.1, 0.15) is 0 Å². The molecule has 3 aromatic carbocycles. The fraction of sp³-hybridized carbons (Fsp3) is 0.206. The maximum Gasteiger partial charge on any atom is 0.339 e. The lowest BCUT2D eigenvalue weighted by Gasteiger charge is -2.18. The second-order valence-corrected chi connectivity index (χ2v) is 11.4. The molecule has 2 fully saturated rings. The fourth-order valence-electron chi connectivity index (χ4n) is 6.71. The molecule has 0 radical (unpaired) electrons. The minimum absolute atomic E-state index is 0.123. The summed E-state index contributed by atoms with van der Waals surface area (Å²) in [5.41, 5.74) is 3.31. The molecule has 1 aromatic heterocycles. The highest BCUT2D eigenvalue weighted by Gasteiger charge is 2.59. The number of ketones is 1. The largest absolute Gasteiger partial charge is 0.454 e. The van der Waals surface area contributed by atoms with Gasteiger partial charge in [0.15, 0.2) is 12.4 Å². The highest BCUT2D eigenvalue weighted by molar-refractivity contribution is 6.23. The van der Waals surface area contributed by atoms with E-state index in [9.17, 15) is 29.3 Å². The summed E-state index contributed by atoms with van der Waals surface area (Å²) in [5.74, 6) is -1.87. The SMILES string of the molecule is Cc1cccc2c(C(=O)OCC(=O)c3ccc([N+](=O)[O-])cc3)cc(-c3ccc(N4C(=O)C5C6C=CC(C6)C5C4=O)cc3)nc12. The van der Waals surface area contributed by atoms with Crippen LogP contribution in [0.5, 0.6) is 0 Å². The standard InChI is InChI=1S/C34H25N3O7/c1-18-3-2-4-25-26(34(41)44-17-28(38)20-9-13-24(14-10-20)37(42)43)16-27(35-31(18)25)19-7-11-23(12-8-19)36-32(39)29-21-5-6-22(15-21)30(29)33(36)40/h2-14,16,21-22,29-30H,15,17H2,1H3. The molecule has 4 atom stereocenters. The van der Waals surface area contributed by atoms with Gasteiger partial charge in [0.2, 0.25) is 11.8 Å². The summed E-state index contributed by atoms with van der Waals surface area (Å²) in [6.45, 7) is 1.33. The number of allylic oxidation sites excluding steroid dienone is 2. The van der Waals surface area contributed by atoms with E-state index in [1.165, 1.54) is 29.2 Å². The first-order valence-corrected chi connectivity index (χ1v) is 14.2. The van der Waals surface area contributed by atoms with E-state index in [1.807, 2.05) is 13.0 Å². The van der Waals surface area contributed by atoms with Crippen LogP contribution in [-0.4, -0.2) is 40.1 Å². The summed E-state index contributed by atoms with van der Waals surface area (Å²) in [6.07, 6.45) is 4.99. The van der Waals surface area contributed by atoms with Crippen molar-refractivity contribution in [1.82, 2.24) is 4.98 Å². The first kappa shape index (κ1) is 27.3. The van der Waals surface area contributed by atoms with Gasteiger partial charge in [0.05, 0.1) is 39.2 Å². The zero-order chi connectivity index (χ0) is 30.7. The van der Waals surface area contributed by atoms with Gasteiger partial charge in [-0.2, -0.15) is 0 Å². The molecular weight excluding hydrogens is 562 g/mol. The molecule has 1 saturated heterocycles. The predicted molar refractivity (Wildman–Crippen MR) is 160 cm³/mol. The van der Waals surface area contributed by atoms with Crippen molar-refractivity contribution in [3.8, 4) is 11.3 Å². The van der Waals surface area contributed by atoms with E-state index in [0.29, 0.717) is 27.8 Å². The number of carbonyl (C=O) groups excluding carboxylic acids is 4. The van der Waals surface area contributed by atoms with Crippen LogP contribution in [0.15, 0.2) is 84.9 Å². The van der Waals surface area contributed by atoms with Crippen LogP contribution in [0.25, 0.3) is 22.2 Å². The number of aryl methyl sites for hydroxylation is 1. The molecule has 2 amide bonds. The molecule has 1 aliphatic heterocycles. The van der Waals surface area contributed by atoms with Crippen LogP contribution in [-0.2, 0) is 14.3 Å². The molecule has 1 saturated carbocycles. The summed E-state index contributed by atoms with van der Waals surface area (Å²) in [5, 5.41) is 11.5. The number of fused-ring (bicyclic) bond motifs is 6. The molecule has 218 valence electrons. The number of pyridine rings is 1. The van der Waals surface area contributed by atoms with Crippen LogP contribution >= 0.6 is 0 Å². The Bertz CT molecular complexity index is 1900. The van der Waals surface area contributed by atoms with E-state index in [0.717, 1.165) is 12.0 Å². The molecule has 10 nitrogen and oxygen atoms in total. The number of amides is 2. The minimum atomic E-state index is -0.723. The van der Waals surface area contributed by atoms with Crippen molar-refractivity contribution in [2.75, 3.05) is 11.5 Å². The van der Waals surface area contributed by atoms with Crippen molar-refractivity contribution in [1.29, 1.82) is 0 Å². The number of benzene rings is 3. The van der Waals surface area contributed by atoms with Crippen LogP contribution < -0.4 is 4.90 Å². The monoisotopic (exact) mass is 587 g/mol. The lowest BCUT2D eigenvalue weighted by Crippen LogP contribution is -2.32. The summed E-state index contributed by atoms with van der Waals surface area (Å²) < 4.78 is 5.39. The Balaban J connectivity index is 1.15. The number of Topliss-reactive ketones (excluding diaryl/α,β-unsaturated/α-hetero) is 1. The number of ether oxygens (including phenoxy) is 1. The number of nitro groups is 1. The average Bonchev–Trinajstić information content (AvgIpc) is 3.73. The molecule has 10 heteroatoms.